The number of hydrogen-bond acceptors (Lipinski definition) is 7. The minimum atomic E-state index is -1.27. The molecule has 0 radical (unpaired) electrons. The van der Waals surface area contributed by atoms with E-state index in [0.717, 1.165) is 6.07 Å². The third kappa shape index (κ3) is 9.36. The molecule has 0 spiro atoms. The summed E-state index contributed by atoms with van der Waals surface area (Å²) in [7, 11) is 0. The highest BCUT2D eigenvalue weighted by Gasteiger charge is 2.42. The first-order valence-corrected chi connectivity index (χ1v) is 12.4. The van der Waals surface area contributed by atoms with Gasteiger partial charge in [0.15, 0.2) is 12.2 Å². The predicted molar refractivity (Wildman–Crippen MR) is 131 cm³/mol. The zero-order valence-corrected chi connectivity index (χ0v) is 21.8. The Morgan fingerprint density at radius 2 is 1.69 bits per heavy atom. The molecule has 15 heteroatoms. The summed E-state index contributed by atoms with van der Waals surface area (Å²) in [5.74, 6) is -1.84. The molecule has 0 saturated carbocycles. The maximum atomic E-state index is 13.9. The number of carbonyl (C=O) groups is 4. The first-order chi connectivity index (χ1) is 17.1. The lowest BCUT2D eigenvalue weighted by molar-refractivity contribution is -0.123. The Bertz CT molecular complexity index is 1000. The molecule has 0 bridgehead atoms. The number of hydrogen-bond donors (Lipinski definition) is 4. The summed E-state index contributed by atoms with van der Waals surface area (Å²) in [6.45, 7) is -0.265. The van der Waals surface area contributed by atoms with E-state index >= 15 is 0 Å². The number of alkyl carbamates (subject to hydrolysis) is 2. The molecule has 1 aliphatic rings. The first kappa shape index (κ1) is 29.5. The van der Waals surface area contributed by atoms with Gasteiger partial charge in [-0.15, -0.1) is 23.2 Å². The molecule has 2 rings (SSSR count). The number of carbonyl (C=O) groups excluding carboxylic acids is 4. The van der Waals surface area contributed by atoms with Crippen LogP contribution in [0.1, 0.15) is 6.42 Å². The van der Waals surface area contributed by atoms with Crippen molar-refractivity contribution in [2.24, 2.45) is 5.73 Å². The number of ether oxygens (including phenoxy) is 3. The third-order valence-electron chi connectivity index (χ3n) is 4.58. The van der Waals surface area contributed by atoms with Crippen LogP contribution in [0.15, 0.2) is 34.3 Å². The summed E-state index contributed by atoms with van der Waals surface area (Å²) in [5.41, 5.74) is 5.13. The molecular weight excluding hydrogens is 590 g/mol. The lowest BCUT2D eigenvalue weighted by atomic mass is 9.91. The molecule has 3 atom stereocenters. The number of primary amides is 1. The van der Waals surface area contributed by atoms with Gasteiger partial charge in [0.1, 0.15) is 17.7 Å². The molecule has 36 heavy (non-hydrogen) atoms. The van der Waals surface area contributed by atoms with Crippen molar-refractivity contribution >= 4 is 63.1 Å². The van der Waals surface area contributed by atoms with Crippen molar-refractivity contribution in [1.82, 2.24) is 16.0 Å². The van der Waals surface area contributed by atoms with Gasteiger partial charge >= 0.3 is 12.2 Å². The second kappa shape index (κ2) is 14.7. The van der Waals surface area contributed by atoms with E-state index in [1.54, 1.807) is 0 Å². The number of alkyl halides is 2. The molecule has 0 unspecified atom stereocenters. The molecule has 0 heterocycles. The van der Waals surface area contributed by atoms with Gasteiger partial charge in [-0.25, -0.2) is 14.0 Å². The van der Waals surface area contributed by atoms with E-state index < -0.39 is 54.7 Å². The fraction of sp³-hybridized carbons (Fsp3) is 0.429. The molecule has 0 aliphatic heterocycles. The Morgan fingerprint density at radius 1 is 1.06 bits per heavy atom. The highest BCUT2D eigenvalue weighted by Crippen LogP contribution is 2.32. The SMILES string of the molecule is NC(=O)CNC(=O)C1=C[C@@H](Oc2cc(F)ccc2Br)[C@H](OC(=O)NCCCl)[C@H](OC(=O)NCCCl)C1. The molecule has 1 aromatic rings. The number of nitrogens with two attached hydrogens (primary N) is 1. The van der Waals surface area contributed by atoms with E-state index in [-0.39, 0.29) is 42.6 Å². The second-order valence-electron chi connectivity index (χ2n) is 7.25. The average Bonchev–Trinajstić information content (AvgIpc) is 2.83. The minimum absolute atomic E-state index is 0.0233. The Kier molecular flexibility index (Phi) is 12.0. The Balaban J connectivity index is 2.43. The molecule has 4 amide bonds. The van der Waals surface area contributed by atoms with Gasteiger partial charge < -0.3 is 35.9 Å². The van der Waals surface area contributed by atoms with Crippen LogP contribution in [0.2, 0.25) is 0 Å². The van der Waals surface area contributed by atoms with Crippen molar-refractivity contribution in [3.05, 3.63) is 40.1 Å². The van der Waals surface area contributed by atoms with E-state index in [4.69, 9.17) is 43.1 Å². The van der Waals surface area contributed by atoms with Gasteiger partial charge in [-0.3, -0.25) is 9.59 Å². The molecule has 1 aliphatic carbocycles. The first-order valence-electron chi connectivity index (χ1n) is 10.5. The highest BCUT2D eigenvalue weighted by atomic mass is 79.9. The summed E-state index contributed by atoms with van der Waals surface area (Å²) in [5, 5.41) is 7.16. The van der Waals surface area contributed by atoms with E-state index in [9.17, 15) is 23.6 Å². The average molecular weight is 614 g/mol. The van der Waals surface area contributed by atoms with Gasteiger partial charge in [0.25, 0.3) is 0 Å². The topological polar surface area (TPSA) is 158 Å². The molecular formula is C21H24BrCl2FN4O7. The van der Waals surface area contributed by atoms with E-state index in [1.165, 1.54) is 18.2 Å². The van der Waals surface area contributed by atoms with Crippen molar-refractivity contribution < 1.29 is 37.8 Å². The summed E-state index contributed by atoms with van der Waals surface area (Å²) in [6.07, 6.45) is -4.39. The molecule has 0 aromatic heterocycles. The number of rotatable bonds is 11. The predicted octanol–water partition coefficient (Wildman–Crippen LogP) is 1.93. The van der Waals surface area contributed by atoms with Gasteiger partial charge in [0, 0.05) is 42.9 Å². The van der Waals surface area contributed by atoms with Gasteiger partial charge in [-0.1, -0.05) is 0 Å². The fourth-order valence-electron chi connectivity index (χ4n) is 3.06. The lowest BCUT2D eigenvalue weighted by Crippen LogP contribution is -2.51. The normalized spacial score (nSPS) is 18.9. The lowest BCUT2D eigenvalue weighted by Gasteiger charge is -2.35. The van der Waals surface area contributed by atoms with Gasteiger partial charge in [0.05, 0.1) is 11.0 Å². The van der Waals surface area contributed by atoms with Gasteiger partial charge in [-0.2, -0.15) is 0 Å². The van der Waals surface area contributed by atoms with Gasteiger partial charge in [-0.05, 0) is 34.1 Å². The molecule has 11 nitrogen and oxygen atoms in total. The van der Waals surface area contributed by atoms with Crippen LogP contribution in [-0.4, -0.2) is 73.7 Å². The number of nitrogens with one attached hydrogen (secondary N) is 3. The summed E-state index contributed by atoms with van der Waals surface area (Å²) in [6, 6.07) is 3.67. The van der Waals surface area contributed by atoms with Crippen molar-refractivity contribution in [2.45, 2.75) is 24.7 Å². The molecule has 0 saturated heterocycles. The standard InChI is InChI=1S/C21H24BrCl2FN4O7/c22-13-2-1-12(25)9-14(13)34-15-7-11(19(31)29-10-17(26)30)8-16(35-20(32)27-5-3-23)18(15)36-21(33)28-6-4-24/h1-2,7,9,15-16,18H,3-6,8,10H2,(H2,26,30)(H,27,32)(H,28,33)(H,29,31)/t15-,16-,18+/m1/s1. The fourth-order valence-corrected chi connectivity index (χ4v) is 3.59. The van der Waals surface area contributed by atoms with Gasteiger partial charge in [0.2, 0.25) is 11.8 Å². The van der Waals surface area contributed by atoms with Crippen molar-refractivity contribution in [3.8, 4) is 5.75 Å². The molecule has 198 valence electrons. The van der Waals surface area contributed by atoms with E-state index in [1.807, 2.05) is 0 Å². The molecule has 1 aromatic carbocycles. The van der Waals surface area contributed by atoms with Crippen molar-refractivity contribution in [3.63, 3.8) is 0 Å². The van der Waals surface area contributed by atoms with Crippen LogP contribution in [0.4, 0.5) is 14.0 Å². The number of halogens is 4. The van der Waals surface area contributed by atoms with Crippen LogP contribution in [-0.2, 0) is 19.1 Å². The van der Waals surface area contributed by atoms with Crippen molar-refractivity contribution in [2.75, 3.05) is 31.4 Å². The van der Waals surface area contributed by atoms with E-state index in [0.29, 0.717) is 4.47 Å². The Morgan fingerprint density at radius 3 is 2.31 bits per heavy atom. The maximum Gasteiger partial charge on any atom is 0.407 e. The quantitative estimate of drug-likeness (QED) is 0.278. The Labute approximate surface area is 224 Å². The highest BCUT2D eigenvalue weighted by molar-refractivity contribution is 9.10. The summed E-state index contributed by atoms with van der Waals surface area (Å²) < 4.78 is 31.0. The smallest absolute Gasteiger partial charge is 0.407 e. The summed E-state index contributed by atoms with van der Waals surface area (Å²) >= 11 is 14.4. The van der Waals surface area contributed by atoms with Crippen LogP contribution in [0.5, 0.6) is 5.75 Å². The monoisotopic (exact) mass is 612 g/mol. The van der Waals surface area contributed by atoms with Crippen LogP contribution < -0.4 is 26.4 Å². The van der Waals surface area contributed by atoms with Crippen LogP contribution in [0.3, 0.4) is 0 Å². The van der Waals surface area contributed by atoms with Crippen LogP contribution in [0.25, 0.3) is 0 Å². The van der Waals surface area contributed by atoms with Crippen molar-refractivity contribution in [1.29, 1.82) is 0 Å². The zero-order valence-electron chi connectivity index (χ0n) is 18.7. The van der Waals surface area contributed by atoms with E-state index in [2.05, 4.69) is 31.9 Å². The Hall–Kier alpha value is -2.77. The minimum Gasteiger partial charge on any atom is -0.481 e. The summed E-state index contributed by atoms with van der Waals surface area (Å²) in [4.78, 5) is 48.4. The molecule has 5 N–H and O–H groups in total. The maximum absolute atomic E-state index is 13.9. The largest absolute Gasteiger partial charge is 0.481 e. The third-order valence-corrected chi connectivity index (χ3v) is 5.61. The number of benzene rings is 1. The molecule has 0 fully saturated rings. The van der Waals surface area contributed by atoms with Crippen LogP contribution >= 0.6 is 39.1 Å². The van der Waals surface area contributed by atoms with Crippen LogP contribution in [0, 0.1) is 5.82 Å². The number of amides is 4. The second-order valence-corrected chi connectivity index (χ2v) is 8.86. The zero-order chi connectivity index (χ0) is 26.7.